The third-order valence-electron chi connectivity index (χ3n) is 5.39. The minimum absolute atomic E-state index is 0.517. The molecule has 0 aliphatic rings. The van der Waals surface area contributed by atoms with E-state index in [0.29, 0.717) is 19.6 Å². The number of furan rings is 1. The fourth-order valence-electron chi connectivity index (χ4n) is 3.40. The van der Waals surface area contributed by atoms with E-state index in [2.05, 4.69) is 27.6 Å². The number of nitrogens with zero attached hydrogens (tertiary/aromatic N) is 5. The maximum atomic E-state index is 6.00. The average Bonchev–Trinajstić information content (AvgIpc) is 3.36. The Kier molecular flexibility index (Phi) is 6.39. The van der Waals surface area contributed by atoms with Crippen LogP contribution in [0.15, 0.2) is 64.0 Å². The Morgan fingerprint density at radius 2 is 1.94 bits per heavy atom. The zero-order valence-corrected chi connectivity index (χ0v) is 18.9. The van der Waals surface area contributed by atoms with Gasteiger partial charge in [0.1, 0.15) is 22.9 Å². The van der Waals surface area contributed by atoms with E-state index in [0.717, 1.165) is 45.7 Å². The zero-order valence-electron chi connectivity index (χ0n) is 18.9. The molecule has 166 valence electrons. The summed E-state index contributed by atoms with van der Waals surface area (Å²) in [4.78, 5) is 6.89. The Hall–Kier alpha value is -3.81. The highest BCUT2D eigenvalue weighted by Gasteiger charge is 2.13. The number of aryl methyl sites for hydroxylation is 1. The Balaban J connectivity index is 1.52. The normalized spacial score (nSPS) is 11.7. The Labute approximate surface area is 187 Å². The SMILES string of the molecule is COc1ccc(CN=C(NCc2nnc(C)n2C)N(C)Cc2cc3ccccc3o2)cc1. The lowest BCUT2D eigenvalue weighted by atomic mass is 10.2. The van der Waals surface area contributed by atoms with Gasteiger partial charge in [-0.05, 0) is 36.8 Å². The number of hydrogen-bond donors (Lipinski definition) is 1. The highest BCUT2D eigenvalue weighted by Crippen LogP contribution is 2.20. The van der Waals surface area contributed by atoms with E-state index in [1.54, 1.807) is 7.11 Å². The van der Waals surface area contributed by atoms with Crippen LogP contribution in [0.25, 0.3) is 11.0 Å². The van der Waals surface area contributed by atoms with Crippen LogP contribution in [-0.2, 0) is 26.7 Å². The van der Waals surface area contributed by atoms with E-state index in [-0.39, 0.29) is 0 Å². The van der Waals surface area contributed by atoms with Crippen LogP contribution in [0.1, 0.15) is 23.0 Å². The number of fused-ring (bicyclic) bond motifs is 1. The number of ether oxygens (including phenoxy) is 1. The van der Waals surface area contributed by atoms with Gasteiger partial charge in [-0.3, -0.25) is 0 Å². The number of guanidine groups is 1. The molecule has 0 bridgehead atoms. The van der Waals surface area contributed by atoms with Gasteiger partial charge in [0.2, 0.25) is 0 Å². The summed E-state index contributed by atoms with van der Waals surface area (Å²) < 4.78 is 13.2. The smallest absolute Gasteiger partial charge is 0.194 e. The summed E-state index contributed by atoms with van der Waals surface area (Å²) >= 11 is 0. The first-order chi connectivity index (χ1) is 15.5. The second-order valence-electron chi connectivity index (χ2n) is 7.67. The lowest BCUT2D eigenvalue weighted by Crippen LogP contribution is -2.38. The molecule has 8 nitrogen and oxygen atoms in total. The average molecular weight is 433 g/mol. The Morgan fingerprint density at radius 3 is 2.62 bits per heavy atom. The Morgan fingerprint density at radius 1 is 1.16 bits per heavy atom. The van der Waals surface area contributed by atoms with Gasteiger partial charge >= 0.3 is 0 Å². The monoisotopic (exact) mass is 432 g/mol. The molecule has 0 spiro atoms. The fourth-order valence-corrected chi connectivity index (χ4v) is 3.40. The number of methoxy groups -OCH3 is 1. The number of para-hydroxylation sites is 1. The number of nitrogens with one attached hydrogen (secondary N) is 1. The predicted octanol–water partition coefficient (Wildman–Crippen LogP) is 3.66. The van der Waals surface area contributed by atoms with E-state index in [9.17, 15) is 0 Å². The molecule has 2 aromatic heterocycles. The first-order valence-corrected chi connectivity index (χ1v) is 10.5. The van der Waals surface area contributed by atoms with Crippen molar-refractivity contribution >= 4 is 16.9 Å². The largest absolute Gasteiger partial charge is 0.497 e. The molecule has 0 unspecified atom stereocenters. The molecule has 0 saturated carbocycles. The molecule has 1 N–H and O–H groups in total. The number of rotatable bonds is 7. The summed E-state index contributed by atoms with van der Waals surface area (Å²) in [6.07, 6.45) is 0. The third kappa shape index (κ3) is 4.91. The van der Waals surface area contributed by atoms with Crippen LogP contribution in [0.2, 0.25) is 0 Å². The summed E-state index contributed by atoms with van der Waals surface area (Å²) in [5.41, 5.74) is 1.98. The molecule has 0 amide bonds. The molecule has 8 heteroatoms. The standard InChI is InChI=1S/C24H28N6O2/c1-17-27-28-23(30(17)3)15-26-24(25-14-18-9-11-20(31-4)12-10-18)29(2)16-21-13-19-7-5-6-8-22(19)32-21/h5-13H,14-16H2,1-4H3,(H,25,26). The molecule has 0 fully saturated rings. The molecule has 0 aliphatic carbocycles. The maximum Gasteiger partial charge on any atom is 0.194 e. The minimum atomic E-state index is 0.517. The zero-order chi connectivity index (χ0) is 22.5. The highest BCUT2D eigenvalue weighted by atomic mass is 16.5. The maximum absolute atomic E-state index is 6.00. The van der Waals surface area contributed by atoms with Gasteiger partial charge in [-0.2, -0.15) is 0 Å². The van der Waals surface area contributed by atoms with Crippen molar-refractivity contribution in [2.45, 2.75) is 26.6 Å². The van der Waals surface area contributed by atoms with E-state index >= 15 is 0 Å². The van der Waals surface area contributed by atoms with Gasteiger partial charge in [0.25, 0.3) is 0 Å². The number of benzene rings is 2. The second-order valence-corrected chi connectivity index (χ2v) is 7.67. The van der Waals surface area contributed by atoms with Crippen molar-refractivity contribution in [3.63, 3.8) is 0 Å². The van der Waals surface area contributed by atoms with Crippen molar-refractivity contribution in [2.24, 2.45) is 12.0 Å². The molecule has 0 saturated heterocycles. The van der Waals surface area contributed by atoms with Crippen LogP contribution < -0.4 is 10.1 Å². The summed E-state index contributed by atoms with van der Waals surface area (Å²) in [7, 11) is 5.62. The van der Waals surface area contributed by atoms with Crippen LogP contribution in [0.5, 0.6) is 5.75 Å². The number of aromatic nitrogens is 3. The highest BCUT2D eigenvalue weighted by molar-refractivity contribution is 5.80. The predicted molar refractivity (Wildman–Crippen MR) is 124 cm³/mol. The molecule has 32 heavy (non-hydrogen) atoms. The second kappa shape index (κ2) is 9.55. The number of hydrogen-bond acceptors (Lipinski definition) is 5. The van der Waals surface area contributed by atoms with Crippen molar-refractivity contribution in [1.82, 2.24) is 25.0 Å². The molecule has 4 aromatic rings. The van der Waals surface area contributed by atoms with Crippen LogP contribution in [0, 0.1) is 6.92 Å². The molecular formula is C24H28N6O2. The molecule has 2 aromatic carbocycles. The van der Waals surface area contributed by atoms with Crippen LogP contribution >= 0.6 is 0 Å². The van der Waals surface area contributed by atoms with Crippen molar-refractivity contribution in [1.29, 1.82) is 0 Å². The van der Waals surface area contributed by atoms with Crippen molar-refractivity contribution < 1.29 is 9.15 Å². The molecule has 0 radical (unpaired) electrons. The van der Waals surface area contributed by atoms with E-state index in [1.165, 1.54) is 0 Å². The van der Waals surface area contributed by atoms with Crippen LogP contribution in [0.4, 0.5) is 0 Å². The van der Waals surface area contributed by atoms with E-state index in [4.69, 9.17) is 14.1 Å². The minimum Gasteiger partial charge on any atom is -0.497 e. The van der Waals surface area contributed by atoms with Gasteiger partial charge in [0, 0.05) is 19.5 Å². The van der Waals surface area contributed by atoms with Gasteiger partial charge in [0.15, 0.2) is 11.8 Å². The summed E-state index contributed by atoms with van der Waals surface area (Å²) in [5.74, 6) is 4.17. The summed E-state index contributed by atoms with van der Waals surface area (Å²) in [5, 5.41) is 12.9. The Bertz CT molecular complexity index is 1180. The van der Waals surface area contributed by atoms with Gasteiger partial charge in [0.05, 0.1) is 26.7 Å². The quantitative estimate of drug-likeness (QED) is 0.355. The fraction of sp³-hybridized carbons (Fsp3) is 0.292. The van der Waals surface area contributed by atoms with Gasteiger partial charge in [-0.25, -0.2) is 4.99 Å². The van der Waals surface area contributed by atoms with Gasteiger partial charge in [-0.1, -0.05) is 30.3 Å². The summed E-state index contributed by atoms with van der Waals surface area (Å²) in [6, 6.07) is 18.0. The van der Waals surface area contributed by atoms with Gasteiger partial charge < -0.3 is 23.9 Å². The molecule has 0 aliphatic heterocycles. The number of aliphatic imine (C=N–C) groups is 1. The van der Waals surface area contributed by atoms with Gasteiger partial charge in [-0.15, -0.1) is 10.2 Å². The molecule has 4 rings (SSSR count). The summed E-state index contributed by atoms with van der Waals surface area (Å²) in [6.45, 7) is 3.57. The lowest BCUT2D eigenvalue weighted by molar-refractivity contribution is 0.410. The first kappa shape index (κ1) is 21.4. The molecular weight excluding hydrogens is 404 g/mol. The van der Waals surface area contributed by atoms with Crippen molar-refractivity contribution in [3.05, 3.63) is 77.6 Å². The van der Waals surface area contributed by atoms with Crippen molar-refractivity contribution in [3.8, 4) is 5.75 Å². The molecule has 0 atom stereocenters. The van der Waals surface area contributed by atoms with E-state index in [1.807, 2.05) is 73.0 Å². The van der Waals surface area contributed by atoms with E-state index < -0.39 is 0 Å². The van der Waals surface area contributed by atoms with Crippen molar-refractivity contribution in [2.75, 3.05) is 14.2 Å². The third-order valence-corrected chi connectivity index (χ3v) is 5.39. The van der Waals surface area contributed by atoms with Crippen LogP contribution in [0.3, 0.4) is 0 Å². The molecule has 2 heterocycles. The topological polar surface area (TPSA) is 80.7 Å². The lowest BCUT2D eigenvalue weighted by Gasteiger charge is -2.21. The first-order valence-electron chi connectivity index (χ1n) is 10.5. The van der Waals surface area contributed by atoms with Crippen LogP contribution in [-0.4, -0.2) is 39.8 Å².